The first-order valence-corrected chi connectivity index (χ1v) is 17.1. The molecule has 0 radical (unpaired) electrons. The van der Waals surface area contributed by atoms with E-state index in [1.807, 2.05) is 0 Å². The van der Waals surface area contributed by atoms with Crippen LogP contribution in [0.15, 0.2) is 127 Å². The van der Waals surface area contributed by atoms with Crippen molar-refractivity contribution in [3.63, 3.8) is 0 Å². The summed E-state index contributed by atoms with van der Waals surface area (Å²) in [5.74, 6) is 1.88. The van der Waals surface area contributed by atoms with Gasteiger partial charge in [-0.2, -0.15) is 0 Å². The monoisotopic (exact) mass is 622 g/mol. The van der Waals surface area contributed by atoms with Crippen LogP contribution >= 0.6 is 0 Å². The summed E-state index contributed by atoms with van der Waals surface area (Å²) in [6, 6.07) is 46.9. The molecule has 3 aliphatic heterocycles. The zero-order valence-electron chi connectivity index (χ0n) is 28.5. The van der Waals surface area contributed by atoms with Gasteiger partial charge in [-0.3, -0.25) is 0 Å². The number of rotatable bonds is 2. The number of benzene rings is 6. The molecule has 0 atom stereocenters. The molecule has 0 fully saturated rings. The third kappa shape index (κ3) is 4.08. The average molecular weight is 623 g/mol. The molecule has 6 aromatic carbocycles. The number of hydrogen-bond donors (Lipinski definition) is 0. The summed E-state index contributed by atoms with van der Waals surface area (Å²) in [5.41, 5.74) is 15.9. The van der Waals surface area contributed by atoms with Gasteiger partial charge in [0.15, 0.2) is 0 Å². The summed E-state index contributed by atoms with van der Waals surface area (Å²) in [6.07, 6.45) is 0. The molecule has 9 rings (SSSR count). The van der Waals surface area contributed by atoms with Crippen molar-refractivity contribution in [2.75, 3.05) is 9.71 Å². The molecule has 0 aromatic heterocycles. The van der Waals surface area contributed by atoms with Crippen molar-refractivity contribution in [1.82, 2.24) is 0 Å². The van der Waals surface area contributed by atoms with Crippen LogP contribution in [0.1, 0.15) is 56.9 Å². The summed E-state index contributed by atoms with van der Waals surface area (Å²) >= 11 is 0. The predicted molar refractivity (Wildman–Crippen MR) is 202 cm³/mol. The van der Waals surface area contributed by atoms with E-state index >= 15 is 0 Å². The summed E-state index contributed by atoms with van der Waals surface area (Å²) in [4.78, 5) is 5.10. The fourth-order valence-corrected chi connectivity index (χ4v) is 8.23. The number of para-hydroxylation sites is 4. The van der Waals surface area contributed by atoms with Crippen LogP contribution in [0.4, 0.5) is 28.4 Å². The topological polar surface area (TPSA) is 15.7 Å². The first kappa shape index (κ1) is 29.0. The zero-order chi connectivity index (χ0) is 32.9. The van der Waals surface area contributed by atoms with E-state index in [1.54, 1.807) is 0 Å². The summed E-state index contributed by atoms with van der Waals surface area (Å²) in [6.45, 7) is 13.8. The van der Waals surface area contributed by atoms with Crippen molar-refractivity contribution in [2.45, 2.75) is 52.4 Å². The van der Waals surface area contributed by atoms with Gasteiger partial charge in [0.1, 0.15) is 11.5 Å². The van der Waals surface area contributed by atoms with Gasteiger partial charge in [-0.05, 0) is 88.5 Å². The van der Waals surface area contributed by atoms with Gasteiger partial charge in [-0.1, -0.05) is 113 Å². The maximum absolute atomic E-state index is 6.77. The minimum absolute atomic E-state index is 0.0215. The molecule has 0 bridgehead atoms. The Labute approximate surface area is 284 Å². The highest BCUT2D eigenvalue weighted by molar-refractivity contribution is 6.93. The van der Waals surface area contributed by atoms with Gasteiger partial charge in [0.25, 0.3) is 0 Å². The van der Waals surface area contributed by atoms with E-state index in [9.17, 15) is 0 Å². The molecule has 6 aromatic rings. The summed E-state index contributed by atoms with van der Waals surface area (Å²) in [5, 5.41) is 0. The van der Waals surface area contributed by atoms with Gasteiger partial charge >= 0.3 is 6.85 Å². The Bertz CT molecular complexity index is 2270. The first-order chi connectivity index (χ1) is 23.1. The van der Waals surface area contributed by atoms with Crippen molar-refractivity contribution in [3.8, 4) is 22.6 Å². The number of ether oxygens (including phenoxy) is 1. The fraction of sp³-hybridized carbons (Fsp3) is 0.182. The Morgan fingerprint density at radius 1 is 0.604 bits per heavy atom. The molecular formula is C44H39BN2O. The SMILES string of the molecule is Cc1ccccc1N1B2c3ccccc3N(c3ccccc3)c3cc(C(C)(C)C)cc(c32)-c2cc3c(cc21)C(C)(C)c1ccccc1O3. The molecule has 3 aliphatic rings. The summed E-state index contributed by atoms with van der Waals surface area (Å²) < 4.78 is 6.77. The van der Waals surface area contributed by atoms with E-state index < -0.39 is 0 Å². The third-order valence-electron chi connectivity index (χ3n) is 10.8. The molecule has 3 heterocycles. The van der Waals surface area contributed by atoms with Crippen LogP contribution in [0, 0.1) is 6.92 Å². The number of hydrogen-bond acceptors (Lipinski definition) is 3. The van der Waals surface area contributed by atoms with Crippen LogP contribution in [-0.4, -0.2) is 6.85 Å². The average Bonchev–Trinajstić information content (AvgIpc) is 3.08. The smallest absolute Gasteiger partial charge is 0.333 e. The number of anilines is 5. The van der Waals surface area contributed by atoms with E-state index in [0.29, 0.717) is 0 Å². The van der Waals surface area contributed by atoms with E-state index in [-0.39, 0.29) is 17.7 Å². The standard InChI is InChI=1S/C44H39BN2O/c1-28-16-10-13-21-36(28)47-38-27-34-41(48-40-23-15-11-19-33(40)44(34,5)6)26-31(38)32-24-29(43(2,3)4)25-39-42(32)45(47)35-20-12-14-22-37(35)46(39)30-17-8-7-9-18-30/h7-27H,1-6H3. The third-order valence-corrected chi connectivity index (χ3v) is 10.8. The highest BCUT2D eigenvalue weighted by Gasteiger charge is 2.47. The molecule has 0 unspecified atom stereocenters. The van der Waals surface area contributed by atoms with Gasteiger partial charge in [-0.25, -0.2) is 0 Å². The van der Waals surface area contributed by atoms with Crippen LogP contribution in [0.3, 0.4) is 0 Å². The second-order valence-electron chi connectivity index (χ2n) is 15.1. The lowest BCUT2D eigenvalue weighted by molar-refractivity contribution is 0.418. The first-order valence-electron chi connectivity index (χ1n) is 17.1. The predicted octanol–water partition coefficient (Wildman–Crippen LogP) is 10.4. The number of nitrogens with zero attached hydrogens (tertiary/aromatic N) is 2. The molecule has 0 saturated heterocycles. The Kier molecular flexibility index (Phi) is 6.12. The van der Waals surface area contributed by atoms with Gasteiger partial charge < -0.3 is 14.4 Å². The van der Waals surface area contributed by atoms with E-state index in [2.05, 4.69) is 179 Å². The van der Waals surface area contributed by atoms with Crippen LogP contribution in [-0.2, 0) is 10.8 Å². The van der Waals surface area contributed by atoms with Gasteiger partial charge in [0.2, 0.25) is 0 Å². The molecule has 4 heteroatoms. The quantitative estimate of drug-likeness (QED) is 0.179. The van der Waals surface area contributed by atoms with Gasteiger partial charge in [0.05, 0.1) is 0 Å². The molecule has 0 N–H and O–H groups in total. The van der Waals surface area contributed by atoms with Crippen molar-refractivity contribution < 1.29 is 4.74 Å². The molecular weight excluding hydrogens is 583 g/mol. The fourth-order valence-electron chi connectivity index (χ4n) is 8.23. The largest absolute Gasteiger partial charge is 0.457 e. The lowest BCUT2D eigenvalue weighted by Crippen LogP contribution is -2.61. The highest BCUT2D eigenvalue weighted by atomic mass is 16.5. The van der Waals surface area contributed by atoms with Crippen LogP contribution in [0.2, 0.25) is 0 Å². The van der Waals surface area contributed by atoms with Crippen molar-refractivity contribution >= 4 is 46.2 Å². The molecule has 0 aliphatic carbocycles. The van der Waals surface area contributed by atoms with Gasteiger partial charge in [-0.15, -0.1) is 0 Å². The Balaban J connectivity index is 1.43. The molecule has 48 heavy (non-hydrogen) atoms. The molecule has 0 spiro atoms. The van der Waals surface area contributed by atoms with E-state index in [1.165, 1.54) is 67.1 Å². The maximum Gasteiger partial charge on any atom is 0.333 e. The van der Waals surface area contributed by atoms with Crippen molar-refractivity contribution in [1.29, 1.82) is 0 Å². The maximum atomic E-state index is 6.77. The second kappa shape index (κ2) is 10.1. The Morgan fingerprint density at radius 3 is 2.06 bits per heavy atom. The molecule has 0 saturated carbocycles. The van der Waals surface area contributed by atoms with Crippen molar-refractivity contribution in [3.05, 3.63) is 150 Å². The molecule has 234 valence electrons. The van der Waals surface area contributed by atoms with E-state index in [4.69, 9.17) is 4.74 Å². The molecule has 3 nitrogen and oxygen atoms in total. The zero-order valence-corrected chi connectivity index (χ0v) is 28.5. The Morgan fingerprint density at radius 2 is 1.29 bits per heavy atom. The summed E-state index contributed by atoms with van der Waals surface area (Å²) in [7, 11) is 0. The molecule has 0 amide bonds. The van der Waals surface area contributed by atoms with Crippen LogP contribution in [0.5, 0.6) is 11.5 Å². The van der Waals surface area contributed by atoms with Crippen LogP contribution in [0.25, 0.3) is 11.1 Å². The minimum atomic E-state index is -0.232. The Hall–Kier alpha value is -5.22. The second-order valence-corrected chi connectivity index (χ2v) is 15.1. The number of fused-ring (bicyclic) bond motifs is 6. The number of aryl methyl sites for hydroxylation is 1. The van der Waals surface area contributed by atoms with Gasteiger partial charge in [0, 0.05) is 50.5 Å². The lowest BCUT2D eigenvalue weighted by Gasteiger charge is -2.47. The van der Waals surface area contributed by atoms with E-state index in [0.717, 1.165) is 17.2 Å². The normalized spacial score (nSPS) is 15.1. The van der Waals surface area contributed by atoms with Crippen LogP contribution < -0.4 is 25.4 Å². The van der Waals surface area contributed by atoms with Crippen molar-refractivity contribution in [2.24, 2.45) is 0 Å². The highest BCUT2D eigenvalue weighted by Crippen LogP contribution is 2.54. The minimum Gasteiger partial charge on any atom is -0.457 e. The lowest BCUT2D eigenvalue weighted by atomic mass is 9.43.